The van der Waals surface area contributed by atoms with Gasteiger partial charge in [0.15, 0.2) is 0 Å². The summed E-state index contributed by atoms with van der Waals surface area (Å²) in [4.78, 5) is 30.0. The first-order chi connectivity index (χ1) is 10.6. The molecule has 2 N–H and O–H groups in total. The van der Waals surface area contributed by atoms with E-state index in [1.165, 1.54) is 23.3 Å². The van der Waals surface area contributed by atoms with Gasteiger partial charge >= 0.3 is 0 Å². The Morgan fingerprint density at radius 2 is 2.14 bits per heavy atom. The molecule has 6 heteroatoms. The van der Waals surface area contributed by atoms with Gasteiger partial charge in [-0.3, -0.25) is 18.9 Å². The van der Waals surface area contributed by atoms with E-state index >= 15 is 0 Å². The fraction of sp³-hybridized carbons (Fsp3) is 0.438. The second-order valence-electron chi connectivity index (χ2n) is 5.82. The zero-order chi connectivity index (χ0) is 15.5. The van der Waals surface area contributed by atoms with Crippen LogP contribution in [-0.2, 0) is 11.3 Å². The number of rotatable bonds is 5. The third-order valence-corrected chi connectivity index (χ3v) is 4.19. The summed E-state index contributed by atoms with van der Waals surface area (Å²) in [6, 6.07) is 7.34. The van der Waals surface area contributed by atoms with Crippen LogP contribution in [0.4, 0.5) is 0 Å². The van der Waals surface area contributed by atoms with Gasteiger partial charge in [-0.2, -0.15) is 0 Å². The van der Waals surface area contributed by atoms with Gasteiger partial charge in [-0.1, -0.05) is 18.9 Å². The molecule has 0 bridgehead atoms. The second-order valence-corrected chi connectivity index (χ2v) is 5.82. The maximum Gasteiger partial charge on any atom is 0.258 e. The van der Waals surface area contributed by atoms with E-state index in [4.69, 9.17) is 5.73 Å². The Bertz CT molecular complexity index is 734. The minimum atomic E-state index is -0.343. The van der Waals surface area contributed by atoms with Crippen molar-refractivity contribution in [3.05, 3.63) is 46.5 Å². The molecule has 0 aliphatic heterocycles. The Morgan fingerprint density at radius 1 is 1.36 bits per heavy atom. The summed E-state index contributed by atoms with van der Waals surface area (Å²) < 4.78 is 1.51. The number of amides is 1. The van der Waals surface area contributed by atoms with E-state index in [1.807, 2.05) is 6.07 Å². The third kappa shape index (κ3) is 3.17. The Kier molecular flexibility index (Phi) is 4.20. The normalized spacial score (nSPS) is 15.7. The number of nitrogens with two attached hydrogens (primary N) is 1. The number of primary amides is 1. The average molecular weight is 300 g/mol. The van der Waals surface area contributed by atoms with E-state index in [-0.39, 0.29) is 18.0 Å². The summed E-state index contributed by atoms with van der Waals surface area (Å²) in [6.45, 7) is 0.689. The van der Waals surface area contributed by atoms with Crippen molar-refractivity contribution in [2.75, 3.05) is 6.54 Å². The molecule has 0 radical (unpaired) electrons. The molecule has 3 rings (SSSR count). The second kappa shape index (κ2) is 6.27. The predicted octanol–water partition coefficient (Wildman–Crippen LogP) is 0.924. The molecule has 0 unspecified atom stereocenters. The molecule has 2 aromatic heterocycles. The standard InChI is InChI=1S/C16H20N4O2/c17-14(21)11-19(13-5-1-2-6-13)10-12-9-16(22)20-8-4-3-7-15(20)18-12/h3-4,7-9,13H,1-2,5-6,10-11H2,(H2,17,21). The summed E-state index contributed by atoms with van der Waals surface area (Å²) in [5.74, 6) is -0.343. The topological polar surface area (TPSA) is 80.7 Å². The van der Waals surface area contributed by atoms with Gasteiger partial charge < -0.3 is 5.73 Å². The summed E-state index contributed by atoms with van der Waals surface area (Å²) in [5.41, 5.74) is 6.57. The van der Waals surface area contributed by atoms with Crippen LogP contribution in [0.25, 0.3) is 5.65 Å². The van der Waals surface area contributed by atoms with Crippen LogP contribution in [-0.4, -0.2) is 32.8 Å². The SMILES string of the molecule is NC(=O)CN(Cc1cc(=O)n2ccccc2n1)C1CCCC1. The Hall–Kier alpha value is -2.21. The molecule has 6 nitrogen and oxygen atoms in total. The molecule has 0 saturated heterocycles. The van der Waals surface area contributed by atoms with E-state index < -0.39 is 0 Å². The summed E-state index contributed by atoms with van der Waals surface area (Å²) in [6.07, 6.45) is 6.19. The number of carbonyl (C=O) groups excluding carboxylic acids is 1. The Balaban J connectivity index is 1.88. The highest BCUT2D eigenvalue weighted by molar-refractivity contribution is 5.75. The minimum Gasteiger partial charge on any atom is -0.369 e. The van der Waals surface area contributed by atoms with Crippen molar-refractivity contribution < 1.29 is 4.79 Å². The van der Waals surface area contributed by atoms with Crippen LogP contribution in [0.15, 0.2) is 35.3 Å². The van der Waals surface area contributed by atoms with Crippen LogP contribution in [0.3, 0.4) is 0 Å². The molecule has 1 aliphatic rings. The lowest BCUT2D eigenvalue weighted by molar-refractivity contribution is -0.119. The van der Waals surface area contributed by atoms with E-state index in [0.29, 0.717) is 23.9 Å². The van der Waals surface area contributed by atoms with Gasteiger partial charge in [-0.05, 0) is 25.0 Å². The number of fused-ring (bicyclic) bond motifs is 1. The van der Waals surface area contributed by atoms with Gasteiger partial charge in [0.2, 0.25) is 5.91 Å². The maximum absolute atomic E-state index is 12.1. The number of hydrogen-bond acceptors (Lipinski definition) is 4. The minimum absolute atomic E-state index is 0.106. The first-order valence-corrected chi connectivity index (χ1v) is 7.63. The number of nitrogens with zero attached hydrogens (tertiary/aromatic N) is 3. The van der Waals surface area contributed by atoms with Crippen molar-refractivity contribution >= 4 is 11.6 Å². The van der Waals surface area contributed by atoms with E-state index in [1.54, 1.807) is 18.3 Å². The molecule has 0 spiro atoms. The molecule has 22 heavy (non-hydrogen) atoms. The van der Waals surface area contributed by atoms with Crippen LogP contribution in [0.2, 0.25) is 0 Å². The lowest BCUT2D eigenvalue weighted by Crippen LogP contribution is -2.40. The fourth-order valence-corrected chi connectivity index (χ4v) is 3.18. The Morgan fingerprint density at radius 3 is 2.86 bits per heavy atom. The number of pyridine rings is 1. The zero-order valence-corrected chi connectivity index (χ0v) is 12.4. The molecule has 1 amide bonds. The van der Waals surface area contributed by atoms with Gasteiger partial charge in [0.25, 0.3) is 5.56 Å². The molecule has 1 saturated carbocycles. The maximum atomic E-state index is 12.1. The summed E-state index contributed by atoms with van der Waals surface area (Å²) in [5, 5.41) is 0. The molecule has 2 heterocycles. The van der Waals surface area contributed by atoms with Crippen molar-refractivity contribution in [3.8, 4) is 0 Å². The summed E-state index contributed by atoms with van der Waals surface area (Å²) >= 11 is 0. The van der Waals surface area contributed by atoms with Gasteiger partial charge in [-0.15, -0.1) is 0 Å². The zero-order valence-electron chi connectivity index (χ0n) is 12.4. The van der Waals surface area contributed by atoms with E-state index in [0.717, 1.165) is 12.8 Å². The van der Waals surface area contributed by atoms with Crippen molar-refractivity contribution in [3.63, 3.8) is 0 Å². The van der Waals surface area contributed by atoms with Crippen molar-refractivity contribution in [1.29, 1.82) is 0 Å². The average Bonchev–Trinajstić information content (AvgIpc) is 3.00. The highest BCUT2D eigenvalue weighted by Crippen LogP contribution is 2.24. The highest BCUT2D eigenvalue weighted by Gasteiger charge is 2.24. The van der Waals surface area contributed by atoms with Crippen LogP contribution >= 0.6 is 0 Å². The number of carbonyl (C=O) groups is 1. The molecule has 1 aliphatic carbocycles. The molecular formula is C16H20N4O2. The number of hydrogen-bond donors (Lipinski definition) is 1. The summed E-state index contributed by atoms with van der Waals surface area (Å²) in [7, 11) is 0. The van der Waals surface area contributed by atoms with Crippen LogP contribution in [0.1, 0.15) is 31.4 Å². The Labute approximate surface area is 128 Å². The van der Waals surface area contributed by atoms with Crippen LogP contribution in [0.5, 0.6) is 0 Å². The monoisotopic (exact) mass is 300 g/mol. The molecular weight excluding hydrogens is 280 g/mol. The molecule has 2 aromatic rings. The molecule has 0 atom stereocenters. The van der Waals surface area contributed by atoms with Crippen LogP contribution in [0, 0.1) is 0 Å². The third-order valence-electron chi connectivity index (χ3n) is 4.19. The lowest BCUT2D eigenvalue weighted by Gasteiger charge is -2.27. The molecule has 1 fully saturated rings. The largest absolute Gasteiger partial charge is 0.369 e. The van der Waals surface area contributed by atoms with Gasteiger partial charge in [0.05, 0.1) is 12.2 Å². The van der Waals surface area contributed by atoms with E-state index in [2.05, 4.69) is 9.88 Å². The molecule has 116 valence electrons. The fourth-order valence-electron chi connectivity index (χ4n) is 3.18. The lowest BCUT2D eigenvalue weighted by atomic mass is 10.2. The smallest absolute Gasteiger partial charge is 0.258 e. The number of aromatic nitrogens is 2. The van der Waals surface area contributed by atoms with Crippen molar-refractivity contribution in [2.45, 2.75) is 38.3 Å². The van der Waals surface area contributed by atoms with E-state index in [9.17, 15) is 9.59 Å². The van der Waals surface area contributed by atoms with Crippen LogP contribution < -0.4 is 11.3 Å². The first-order valence-electron chi connectivity index (χ1n) is 7.63. The highest BCUT2D eigenvalue weighted by atomic mass is 16.1. The van der Waals surface area contributed by atoms with Crippen molar-refractivity contribution in [1.82, 2.24) is 14.3 Å². The van der Waals surface area contributed by atoms with Crippen molar-refractivity contribution in [2.24, 2.45) is 5.73 Å². The van der Waals surface area contributed by atoms with Gasteiger partial charge in [0, 0.05) is 24.8 Å². The van der Waals surface area contributed by atoms with Gasteiger partial charge in [-0.25, -0.2) is 4.98 Å². The predicted molar refractivity (Wildman–Crippen MR) is 83.3 cm³/mol. The molecule has 0 aromatic carbocycles. The van der Waals surface area contributed by atoms with Gasteiger partial charge in [0.1, 0.15) is 5.65 Å². The quantitative estimate of drug-likeness (QED) is 0.890. The first kappa shape index (κ1) is 14.7.